The smallest absolute Gasteiger partial charge is 0.317 e. The van der Waals surface area contributed by atoms with Gasteiger partial charge in [-0.15, -0.1) is 0 Å². The fourth-order valence-corrected chi connectivity index (χ4v) is 3.59. The van der Waals surface area contributed by atoms with Gasteiger partial charge < -0.3 is 19.8 Å². The third kappa shape index (κ3) is 3.11. The number of aromatic nitrogens is 2. The van der Waals surface area contributed by atoms with Gasteiger partial charge in [0.05, 0.1) is 12.1 Å². The molecule has 0 spiro atoms. The summed E-state index contributed by atoms with van der Waals surface area (Å²) in [4.78, 5) is 18.4. The standard InChI is InChI=1S/C18H22N4O3/c1-2-16-20-17(21-25-16)12-3-5-14-11(9-12)4-6-15(14)19-18(24)22-8-7-13(23)10-22/h3,5,9,13,15,23H,2,4,6-8,10H2,1H3,(H,19,24)/t13-,15+/m0/s1. The number of benzene rings is 1. The van der Waals surface area contributed by atoms with Gasteiger partial charge in [0.1, 0.15) is 0 Å². The molecule has 1 aromatic heterocycles. The Morgan fingerprint density at radius 2 is 2.32 bits per heavy atom. The van der Waals surface area contributed by atoms with E-state index in [0.717, 1.165) is 30.4 Å². The number of rotatable bonds is 3. The molecule has 1 saturated heterocycles. The number of carbonyl (C=O) groups is 1. The molecule has 1 aromatic carbocycles. The van der Waals surface area contributed by atoms with Crippen LogP contribution in [-0.2, 0) is 12.8 Å². The molecule has 2 aromatic rings. The quantitative estimate of drug-likeness (QED) is 0.891. The monoisotopic (exact) mass is 342 g/mol. The van der Waals surface area contributed by atoms with Crippen molar-refractivity contribution in [1.29, 1.82) is 0 Å². The van der Waals surface area contributed by atoms with Crippen LogP contribution in [0.3, 0.4) is 0 Å². The molecule has 1 aliphatic heterocycles. The largest absolute Gasteiger partial charge is 0.391 e. The second-order valence-corrected chi connectivity index (χ2v) is 6.71. The first-order valence-electron chi connectivity index (χ1n) is 8.83. The first-order valence-corrected chi connectivity index (χ1v) is 8.83. The van der Waals surface area contributed by atoms with E-state index < -0.39 is 6.10 Å². The van der Waals surface area contributed by atoms with Crippen molar-refractivity contribution in [3.63, 3.8) is 0 Å². The predicted molar refractivity (Wildman–Crippen MR) is 90.9 cm³/mol. The summed E-state index contributed by atoms with van der Waals surface area (Å²) in [7, 11) is 0. The number of nitrogens with zero attached hydrogens (tertiary/aromatic N) is 3. The van der Waals surface area contributed by atoms with Crippen molar-refractivity contribution in [2.24, 2.45) is 0 Å². The second kappa shape index (κ2) is 6.48. The van der Waals surface area contributed by atoms with Gasteiger partial charge in [0.2, 0.25) is 11.7 Å². The Morgan fingerprint density at radius 3 is 3.04 bits per heavy atom. The lowest BCUT2D eigenvalue weighted by Crippen LogP contribution is -2.40. The van der Waals surface area contributed by atoms with Crippen LogP contribution in [0.15, 0.2) is 22.7 Å². The Kier molecular flexibility index (Phi) is 4.17. The molecule has 2 heterocycles. The highest BCUT2D eigenvalue weighted by Gasteiger charge is 2.29. The van der Waals surface area contributed by atoms with Gasteiger partial charge >= 0.3 is 6.03 Å². The van der Waals surface area contributed by atoms with Gasteiger partial charge in [-0.05, 0) is 36.5 Å². The van der Waals surface area contributed by atoms with Crippen molar-refractivity contribution < 1.29 is 14.4 Å². The average Bonchev–Trinajstić information content (AvgIpc) is 3.34. The number of aliphatic hydroxyl groups excluding tert-OH is 1. The number of β-amino-alcohol motifs (C(OH)–C–C–N with tert-alkyl or cyclic N) is 1. The lowest BCUT2D eigenvalue weighted by molar-refractivity contribution is 0.170. The minimum absolute atomic E-state index is 0.0192. The fraction of sp³-hybridized carbons (Fsp3) is 0.500. The number of aliphatic hydroxyl groups is 1. The summed E-state index contributed by atoms with van der Waals surface area (Å²) in [5.41, 5.74) is 3.31. The molecule has 2 atom stereocenters. The number of urea groups is 1. The molecule has 0 unspecified atom stereocenters. The summed E-state index contributed by atoms with van der Waals surface area (Å²) in [5.74, 6) is 1.24. The first kappa shape index (κ1) is 16.1. The summed E-state index contributed by atoms with van der Waals surface area (Å²) < 4.78 is 5.18. The number of amides is 2. The first-order chi connectivity index (χ1) is 12.1. The summed E-state index contributed by atoms with van der Waals surface area (Å²) in [6, 6.07) is 6.04. The Bertz CT molecular complexity index is 788. The molecular weight excluding hydrogens is 320 g/mol. The molecule has 1 fully saturated rings. The van der Waals surface area contributed by atoms with Crippen molar-refractivity contribution in [2.45, 2.75) is 44.8 Å². The molecule has 132 valence electrons. The maximum atomic E-state index is 12.4. The van der Waals surface area contributed by atoms with Crippen molar-refractivity contribution in [3.8, 4) is 11.4 Å². The highest BCUT2D eigenvalue weighted by Crippen LogP contribution is 2.34. The lowest BCUT2D eigenvalue weighted by Gasteiger charge is -2.21. The van der Waals surface area contributed by atoms with E-state index in [9.17, 15) is 9.90 Å². The summed E-state index contributed by atoms with van der Waals surface area (Å²) in [5, 5.41) is 16.7. The Balaban J connectivity index is 1.48. The van der Waals surface area contributed by atoms with Crippen molar-refractivity contribution in [2.75, 3.05) is 13.1 Å². The third-order valence-electron chi connectivity index (χ3n) is 5.00. The van der Waals surface area contributed by atoms with Gasteiger partial charge in [-0.3, -0.25) is 0 Å². The molecular formula is C18H22N4O3. The fourth-order valence-electron chi connectivity index (χ4n) is 3.59. The van der Waals surface area contributed by atoms with Gasteiger partial charge in [0, 0.05) is 25.1 Å². The Hall–Kier alpha value is -2.41. The van der Waals surface area contributed by atoms with Crippen LogP contribution in [0.5, 0.6) is 0 Å². The molecule has 7 nitrogen and oxygen atoms in total. The zero-order chi connectivity index (χ0) is 17.4. The van der Waals surface area contributed by atoms with E-state index in [0.29, 0.717) is 31.2 Å². The Labute approximate surface area is 146 Å². The van der Waals surface area contributed by atoms with Crippen molar-refractivity contribution in [3.05, 3.63) is 35.2 Å². The molecule has 2 N–H and O–H groups in total. The summed E-state index contributed by atoms with van der Waals surface area (Å²) >= 11 is 0. The summed E-state index contributed by atoms with van der Waals surface area (Å²) in [6.45, 7) is 3.01. The minimum atomic E-state index is -0.396. The van der Waals surface area contributed by atoms with E-state index in [1.165, 1.54) is 5.56 Å². The van der Waals surface area contributed by atoms with Crippen LogP contribution >= 0.6 is 0 Å². The van der Waals surface area contributed by atoms with E-state index in [4.69, 9.17) is 4.52 Å². The third-order valence-corrected chi connectivity index (χ3v) is 5.00. The van der Waals surface area contributed by atoms with Crippen LogP contribution in [0.1, 0.15) is 42.8 Å². The SMILES string of the molecule is CCc1nc(-c2ccc3c(c2)CC[C@H]3NC(=O)N2CC[C@H](O)C2)no1. The molecule has 1 aliphatic carbocycles. The van der Waals surface area contributed by atoms with Crippen LogP contribution in [-0.4, -0.2) is 45.4 Å². The molecule has 0 saturated carbocycles. The van der Waals surface area contributed by atoms with E-state index >= 15 is 0 Å². The molecule has 0 radical (unpaired) electrons. The van der Waals surface area contributed by atoms with Gasteiger partial charge in [-0.25, -0.2) is 4.79 Å². The predicted octanol–water partition coefficient (Wildman–Crippen LogP) is 2.06. The zero-order valence-electron chi connectivity index (χ0n) is 14.2. The number of likely N-dealkylation sites (tertiary alicyclic amines) is 1. The topological polar surface area (TPSA) is 91.5 Å². The van der Waals surface area contributed by atoms with Gasteiger partial charge in [0.25, 0.3) is 0 Å². The zero-order valence-corrected chi connectivity index (χ0v) is 14.2. The second-order valence-electron chi connectivity index (χ2n) is 6.71. The van der Waals surface area contributed by atoms with Crippen LogP contribution in [0.4, 0.5) is 4.79 Å². The number of carbonyl (C=O) groups excluding carboxylic acids is 1. The molecule has 0 bridgehead atoms. The van der Waals surface area contributed by atoms with Gasteiger partial charge in [-0.2, -0.15) is 4.98 Å². The maximum Gasteiger partial charge on any atom is 0.317 e. The van der Waals surface area contributed by atoms with Crippen molar-refractivity contribution in [1.82, 2.24) is 20.4 Å². The highest BCUT2D eigenvalue weighted by atomic mass is 16.5. The molecule has 4 rings (SSSR count). The van der Waals surface area contributed by atoms with Gasteiger partial charge in [-0.1, -0.05) is 24.2 Å². The lowest BCUT2D eigenvalue weighted by atomic mass is 10.0. The molecule has 2 amide bonds. The molecule has 7 heteroatoms. The van der Waals surface area contributed by atoms with Crippen LogP contribution in [0.25, 0.3) is 11.4 Å². The van der Waals surface area contributed by atoms with E-state index in [-0.39, 0.29) is 12.1 Å². The van der Waals surface area contributed by atoms with Crippen LogP contribution in [0, 0.1) is 0 Å². The molecule has 25 heavy (non-hydrogen) atoms. The maximum absolute atomic E-state index is 12.4. The van der Waals surface area contributed by atoms with Crippen LogP contribution < -0.4 is 5.32 Å². The number of nitrogens with one attached hydrogen (secondary N) is 1. The minimum Gasteiger partial charge on any atom is -0.391 e. The summed E-state index contributed by atoms with van der Waals surface area (Å²) in [6.07, 6.45) is 2.77. The van der Waals surface area contributed by atoms with E-state index in [1.807, 2.05) is 19.1 Å². The normalized spacial score (nSPS) is 22.2. The van der Waals surface area contributed by atoms with E-state index in [1.54, 1.807) is 4.90 Å². The highest BCUT2D eigenvalue weighted by molar-refractivity contribution is 5.75. The number of fused-ring (bicyclic) bond motifs is 1. The number of hydrogen-bond donors (Lipinski definition) is 2. The number of hydrogen-bond acceptors (Lipinski definition) is 5. The van der Waals surface area contributed by atoms with Crippen LogP contribution in [0.2, 0.25) is 0 Å². The van der Waals surface area contributed by atoms with E-state index in [2.05, 4.69) is 21.5 Å². The average molecular weight is 342 g/mol. The van der Waals surface area contributed by atoms with Gasteiger partial charge in [0.15, 0.2) is 0 Å². The Morgan fingerprint density at radius 1 is 1.44 bits per heavy atom. The molecule has 2 aliphatic rings. The number of aryl methyl sites for hydroxylation is 2. The van der Waals surface area contributed by atoms with Crippen molar-refractivity contribution >= 4 is 6.03 Å².